The van der Waals surface area contributed by atoms with E-state index >= 15 is 0 Å². The first kappa shape index (κ1) is 13.2. The maximum atomic E-state index is 12.1. The number of hydrogen-bond acceptors (Lipinski definition) is 3. The lowest BCUT2D eigenvalue weighted by atomic mass is 9.92. The van der Waals surface area contributed by atoms with Gasteiger partial charge in [0, 0.05) is 17.2 Å². The molecule has 1 amide bonds. The minimum Gasteiger partial charge on any atom is -0.353 e. The molecule has 0 atom stereocenters. The summed E-state index contributed by atoms with van der Waals surface area (Å²) in [5, 5.41) is 7.38. The molecule has 2 aliphatic rings. The highest BCUT2D eigenvalue weighted by molar-refractivity contribution is 7.99. The van der Waals surface area contributed by atoms with E-state index in [1.807, 2.05) is 11.8 Å². The number of nitrogens with one attached hydrogen (secondary N) is 2. The van der Waals surface area contributed by atoms with Crippen molar-refractivity contribution < 1.29 is 4.79 Å². The van der Waals surface area contributed by atoms with E-state index in [9.17, 15) is 4.79 Å². The summed E-state index contributed by atoms with van der Waals surface area (Å²) in [7, 11) is 0. The molecule has 0 aromatic heterocycles. The predicted molar refractivity (Wildman–Crippen MR) is 73.3 cm³/mol. The van der Waals surface area contributed by atoms with Gasteiger partial charge in [-0.15, -0.1) is 0 Å². The smallest absolute Gasteiger partial charge is 0.223 e. The Bertz CT molecular complexity index is 246. The van der Waals surface area contributed by atoms with Gasteiger partial charge >= 0.3 is 0 Å². The van der Waals surface area contributed by atoms with Crippen LogP contribution in [0.15, 0.2) is 0 Å². The Labute approximate surface area is 108 Å². The summed E-state index contributed by atoms with van der Waals surface area (Å²) < 4.78 is 0. The molecule has 0 unspecified atom stereocenters. The van der Waals surface area contributed by atoms with Crippen LogP contribution in [-0.4, -0.2) is 36.5 Å². The predicted octanol–water partition coefficient (Wildman–Crippen LogP) is 1.78. The van der Waals surface area contributed by atoms with Crippen molar-refractivity contribution in [1.29, 1.82) is 0 Å². The average molecular weight is 256 g/mol. The van der Waals surface area contributed by atoms with E-state index in [1.165, 1.54) is 25.7 Å². The van der Waals surface area contributed by atoms with Crippen molar-refractivity contribution in [2.75, 3.05) is 19.3 Å². The number of piperidine rings is 1. The van der Waals surface area contributed by atoms with E-state index in [0.717, 1.165) is 31.2 Å². The second kappa shape index (κ2) is 6.64. The quantitative estimate of drug-likeness (QED) is 0.809. The highest BCUT2D eigenvalue weighted by atomic mass is 32.2. The van der Waals surface area contributed by atoms with E-state index in [4.69, 9.17) is 0 Å². The van der Waals surface area contributed by atoms with Gasteiger partial charge in [0.15, 0.2) is 0 Å². The monoisotopic (exact) mass is 256 g/mol. The Hall–Kier alpha value is -0.220. The van der Waals surface area contributed by atoms with Crippen LogP contribution < -0.4 is 10.6 Å². The molecule has 2 rings (SSSR count). The summed E-state index contributed by atoms with van der Waals surface area (Å²) in [6.07, 6.45) is 9.07. The number of thioether (sulfide) groups is 1. The molecule has 1 saturated heterocycles. The third-order valence-electron chi connectivity index (χ3n) is 4.06. The van der Waals surface area contributed by atoms with E-state index < -0.39 is 0 Å². The zero-order chi connectivity index (χ0) is 12.1. The minimum absolute atomic E-state index is 0.259. The lowest BCUT2D eigenvalue weighted by Gasteiger charge is -2.30. The van der Waals surface area contributed by atoms with Crippen molar-refractivity contribution in [3.8, 4) is 0 Å². The third kappa shape index (κ3) is 3.88. The standard InChI is InChI=1S/C13H24N2OS/c1-17-12-4-2-11(3-5-12)15-13(16)10-6-8-14-9-7-10/h10-12,14H,2-9H2,1H3,(H,15,16). The highest BCUT2D eigenvalue weighted by Gasteiger charge is 2.26. The summed E-state index contributed by atoms with van der Waals surface area (Å²) in [6.45, 7) is 1.99. The first-order chi connectivity index (χ1) is 8.29. The first-order valence-electron chi connectivity index (χ1n) is 6.83. The average Bonchev–Trinajstić information content (AvgIpc) is 2.40. The fourth-order valence-corrected chi connectivity index (χ4v) is 3.59. The van der Waals surface area contributed by atoms with Gasteiger partial charge < -0.3 is 10.6 Å². The van der Waals surface area contributed by atoms with Gasteiger partial charge in [0.05, 0.1) is 0 Å². The summed E-state index contributed by atoms with van der Waals surface area (Å²) >= 11 is 1.97. The Morgan fingerprint density at radius 2 is 1.76 bits per heavy atom. The normalized spacial score (nSPS) is 31.1. The topological polar surface area (TPSA) is 41.1 Å². The van der Waals surface area contributed by atoms with Crippen LogP contribution in [-0.2, 0) is 4.79 Å². The van der Waals surface area contributed by atoms with Gasteiger partial charge in [0.1, 0.15) is 0 Å². The number of carbonyl (C=O) groups is 1. The maximum Gasteiger partial charge on any atom is 0.223 e. The van der Waals surface area contributed by atoms with E-state index in [1.54, 1.807) is 0 Å². The number of hydrogen-bond donors (Lipinski definition) is 2. The molecule has 98 valence electrons. The second-order valence-electron chi connectivity index (χ2n) is 5.24. The van der Waals surface area contributed by atoms with Gasteiger partial charge in [-0.05, 0) is 57.9 Å². The van der Waals surface area contributed by atoms with Crippen LogP contribution in [0.3, 0.4) is 0 Å². The molecule has 0 aromatic rings. The van der Waals surface area contributed by atoms with Crippen LogP contribution >= 0.6 is 11.8 Å². The van der Waals surface area contributed by atoms with Crippen molar-refractivity contribution >= 4 is 17.7 Å². The fraction of sp³-hybridized carbons (Fsp3) is 0.923. The molecule has 4 heteroatoms. The Morgan fingerprint density at radius 1 is 1.12 bits per heavy atom. The largest absolute Gasteiger partial charge is 0.353 e. The molecule has 0 radical (unpaired) electrons. The Morgan fingerprint density at radius 3 is 2.35 bits per heavy atom. The lowest BCUT2D eigenvalue weighted by molar-refractivity contribution is -0.126. The van der Waals surface area contributed by atoms with E-state index in [0.29, 0.717) is 11.9 Å². The van der Waals surface area contributed by atoms with Gasteiger partial charge in [-0.2, -0.15) is 11.8 Å². The van der Waals surface area contributed by atoms with Crippen molar-refractivity contribution in [3.05, 3.63) is 0 Å². The molecule has 0 bridgehead atoms. The second-order valence-corrected chi connectivity index (χ2v) is 6.38. The molecular weight excluding hydrogens is 232 g/mol. The molecule has 0 spiro atoms. The zero-order valence-electron chi connectivity index (χ0n) is 10.7. The van der Waals surface area contributed by atoms with Crippen molar-refractivity contribution in [2.24, 2.45) is 5.92 Å². The SMILES string of the molecule is CSC1CCC(NC(=O)C2CCNCC2)CC1. The van der Waals surface area contributed by atoms with Crippen molar-refractivity contribution in [3.63, 3.8) is 0 Å². The Balaban J connectivity index is 1.71. The van der Waals surface area contributed by atoms with E-state index in [-0.39, 0.29) is 5.92 Å². The van der Waals surface area contributed by atoms with Gasteiger partial charge in [0.2, 0.25) is 5.91 Å². The molecule has 3 nitrogen and oxygen atoms in total. The van der Waals surface area contributed by atoms with Crippen LogP contribution in [0.2, 0.25) is 0 Å². The van der Waals surface area contributed by atoms with Gasteiger partial charge in [-0.3, -0.25) is 4.79 Å². The number of amides is 1. The van der Waals surface area contributed by atoms with Crippen LogP contribution in [0.5, 0.6) is 0 Å². The third-order valence-corrected chi connectivity index (χ3v) is 5.20. The molecule has 0 aromatic carbocycles. The molecule has 1 saturated carbocycles. The molecule has 2 fully saturated rings. The summed E-state index contributed by atoms with van der Waals surface area (Å²) in [4.78, 5) is 12.1. The number of rotatable bonds is 3. The molecule has 1 aliphatic heterocycles. The van der Waals surface area contributed by atoms with E-state index in [2.05, 4.69) is 16.9 Å². The molecule has 1 aliphatic carbocycles. The molecule has 2 N–H and O–H groups in total. The first-order valence-corrected chi connectivity index (χ1v) is 8.12. The van der Waals surface area contributed by atoms with Crippen molar-refractivity contribution in [2.45, 2.75) is 49.8 Å². The molecule has 17 heavy (non-hydrogen) atoms. The van der Waals surface area contributed by atoms with Gasteiger partial charge in [-0.1, -0.05) is 0 Å². The number of carbonyl (C=O) groups excluding carboxylic acids is 1. The molecular formula is C13H24N2OS. The van der Waals surface area contributed by atoms with Gasteiger partial charge in [0.25, 0.3) is 0 Å². The summed E-state index contributed by atoms with van der Waals surface area (Å²) in [6, 6.07) is 0.445. The summed E-state index contributed by atoms with van der Waals surface area (Å²) in [5.41, 5.74) is 0. The zero-order valence-corrected chi connectivity index (χ0v) is 11.5. The lowest BCUT2D eigenvalue weighted by Crippen LogP contribution is -2.44. The van der Waals surface area contributed by atoms with Crippen molar-refractivity contribution in [1.82, 2.24) is 10.6 Å². The van der Waals surface area contributed by atoms with Crippen LogP contribution in [0.1, 0.15) is 38.5 Å². The summed E-state index contributed by atoms with van der Waals surface area (Å²) in [5.74, 6) is 0.564. The fourth-order valence-electron chi connectivity index (χ4n) is 2.85. The maximum absolute atomic E-state index is 12.1. The highest BCUT2D eigenvalue weighted by Crippen LogP contribution is 2.27. The van der Waals surface area contributed by atoms with Crippen LogP contribution in [0.25, 0.3) is 0 Å². The van der Waals surface area contributed by atoms with Gasteiger partial charge in [-0.25, -0.2) is 0 Å². The Kier molecular flexibility index (Phi) is 5.16. The minimum atomic E-state index is 0.259. The molecule has 1 heterocycles. The van der Waals surface area contributed by atoms with Crippen LogP contribution in [0, 0.1) is 5.92 Å². The van der Waals surface area contributed by atoms with Crippen LogP contribution in [0.4, 0.5) is 0 Å².